The highest BCUT2D eigenvalue weighted by Crippen LogP contribution is 2.28. The lowest BCUT2D eigenvalue weighted by molar-refractivity contribution is -0.122. The van der Waals surface area contributed by atoms with E-state index in [0.29, 0.717) is 55.8 Å². The first-order chi connectivity index (χ1) is 16.1. The standard InChI is InChI=1S/C24H27N5O3S/c1-32-21-10-6-5-9-19(21)26-24-27-20(17-33-24)23(31)29-13-11-28(12-14-29)16-22(30)25-15-18-7-3-2-4-8-18/h2-10,17H,11-16H2,1H3,(H,25,30)(H,26,27). The number of thiazole rings is 1. The number of ether oxygens (including phenoxy) is 1. The third kappa shape index (κ3) is 6.09. The number of rotatable bonds is 8. The quantitative estimate of drug-likeness (QED) is 0.532. The van der Waals surface area contributed by atoms with Gasteiger partial charge in [-0.15, -0.1) is 11.3 Å². The lowest BCUT2D eigenvalue weighted by Gasteiger charge is -2.33. The minimum Gasteiger partial charge on any atom is -0.495 e. The van der Waals surface area contributed by atoms with Crippen molar-refractivity contribution in [1.82, 2.24) is 20.1 Å². The summed E-state index contributed by atoms with van der Waals surface area (Å²) in [6.45, 7) is 3.29. The predicted octanol–water partition coefficient (Wildman–Crippen LogP) is 2.97. The van der Waals surface area contributed by atoms with Gasteiger partial charge in [0.05, 0.1) is 19.3 Å². The van der Waals surface area contributed by atoms with E-state index in [0.717, 1.165) is 11.3 Å². The number of carbonyl (C=O) groups excluding carboxylic acids is 2. The second kappa shape index (κ2) is 10.9. The molecular weight excluding hydrogens is 438 g/mol. The molecule has 8 nitrogen and oxygen atoms in total. The molecule has 2 N–H and O–H groups in total. The Labute approximate surface area is 197 Å². The van der Waals surface area contributed by atoms with E-state index >= 15 is 0 Å². The highest BCUT2D eigenvalue weighted by atomic mass is 32.1. The highest BCUT2D eigenvalue weighted by Gasteiger charge is 2.25. The Bertz CT molecular complexity index is 1080. The van der Waals surface area contributed by atoms with Crippen LogP contribution in [-0.2, 0) is 11.3 Å². The fourth-order valence-electron chi connectivity index (χ4n) is 3.62. The van der Waals surface area contributed by atoms with E-state index in [1.54, 1.807) is 17.4 Å². The van der Waals surface area contributed by atoms with Crippen molar-refractivity contribution in [3.8, 4) is 5.75 Å². The summed E-state index contributed by atoms with van der Waals surface area (Å²) in [4.78, 5) is 33.5. The number of piperazine rings is 1. The van der Waals surface area contributed by atoms with E-state index in [-0.39, 0.29) is 11.8 Å². The molecule has 1 aliphatic heterocycles. The normalized spacial score (nSPS) is 14.0. The topological polar surface area (TPSA) is 86.8 Å². The van der Waals surface area contributed by atoms with E-state index < -0.39 is 0 Å². The van der Waals surface area contributed by atoms with Crippen molar-refractivity contribution in [1.29, 1.82) is 0 Å². The average molecular weight is 466 g/mol. The van der Waals surface area contributed by atoms with Crippen LogP contribution < -0.4 is 15.4 Å². The number of methoxy groups -OCH3 is 1. The van der Waals surface area contributed by atoms with E-state index in [2.05, 4.69) is 20.5 Å². The van der Waals surface area contributed by atoms with E-state index in [1.165, 1.54) is 11.3 Å². The van der Waals surface area contributed by atoms with Crippen molar-refractivity contribution < 1.29 is 14.3 Å². The first kappa shape index (κ1) is 22.8. The van der Waals surface area contributed by atoms with Crippen LogP contribution in [0.15, 0.2) is 60.0 Å². The first-order valence-electron chi connectivity index (χ1n) is 10.8. The largest absolute Gasteiger partial charge is 0.495 e. The van der Waals surface area contributed by atoms with Crippen molar-refractivity contribution in [2.45, 2.75) is 6.54 Å². The Morgan fingerprint density at radius 3 is 2.52 bits per heavy atom. The summed E-state index contributed by atoms with van der Waals surface area (Å²) in [5, 5.41) is 8.57. The molecule has 0 radical (unpaired) electrons. The molecule has 3 aromatic rings. The van der Waals surface area contributed by atoms with Crippen LogP contribution in [-0.4, -0.2) is 66.4 Å². The Morgan fingerprint density at radius 1 is 1.03 bits per heavy atom. The van der Waals surface area contributed by atoms with Crippen LogP contribution in [0.1, 0.15) is 16.1 Å². The number of nitrogens with zero attached hydrogens (tertiary/aromatic N) is 3. The van der Waals surface area contributed by atoms with Crippen LogP contribution in [0.25, 0.3) is 0 Å². The second-order valence-corrected chi connectivity index (χ2v) is 8.55. The average Bonchev–Trinajstić information content (AvgIpc) is 3.32. The van der Waals surface area contributed by atoms with Crippen molar-refractivity contribution in [2.75, 3.05) is 45.2 Å². The zero-order valence-corrected chi connectivity index (χ0v) is 19.3. The lowest BCUT2D eigenvalue weighted by atomic mass is 10.2. The van der Waals surface area contributed by atoms with Gasteiger partial charge in [-0.1, -0.05) is 42.5 Å². The van der Waals surface area contributed by atoms with Crippen molar-refractivity contribution >= 4 is 34.0 Å². The van der Waals surface area contributed by atoms with Crippen LogP contribution in [0, 0.1) is 0 Å². The molecule has 1 aromatic heterocycles. The molecule has 172 valence electrons. The molecule has 0 spiro atoms. The number of anilines is 2. The predicted molar refractivity (Wildman–Crippen MR) is 129 cm³/mol. The molecule has 2 aromatic carbocycles. The van der Waals surface area contributed by atoms with Crippen LogP contribution in [0.5, 0.6) is 5.75 Å². The summed E-state index contributed by atoms with van der Waals surface area (Å²) < 4.78 is 5.35. The Hall–Kier alpha value is -3.43. The van der Waals surface area contributed by atoms with Crippen LogP contribution >= 0.6 is 11.3 Å². The molecule has 0 aliphatic carbocycles. The molecule has 9 heteroatoms. The minimum atomic E-state index is -0.0903. The second-order valence-electron chi connectivity index (χ2n) is 7.69. The maximum atomic E-state index is 12.9. The molecule has 0 atom stereocenters. The van der Waals surface area contributed by atoms with E-state index in [1.807, 2.05) is 54.6 Å². The number of benzene rings is 2. The lowest BCUT2D eigenvalue weighted by Crippen LogP contribution is -2.51. The Balaban J connectivity index is 1.24. The van der Waals surface area contributed by atoms with Crippen molar-refractivity contribution in [3.63, 3.8) is 0 Å². The monoisotopic (exact) mass is 465 g/mol. The first-order valence-corrected chi connectivity index (χ1v) is 11.7. The smallest absolute Gasteiger partial charge is 0.273 e. The molecular formula is C24H27N5O3S. The van der Waals surface area contributed by atoms with Gasteiger partial charge in [-0.25, -0.2) is 4.98 Å². The van der Waals surface area contributed by atoms with Gasteiger partial charge >= 0.3 is 0 Å². The molecule has 0 unspecified atom stereocenters. The van der Waals surface area contributed by atoms with Gasteiger partial charge in [-0.05, 0) is 17.7 Å². The van der Waals surface area contributed by atoms with Gasteiger partial charge in [-0.3, -0.25) is 14.5 Å². The summed E-state index contributed by atoms with van der Waals surface area (Å²) in [5.74, 6) is 0.613. The summed E-state index contributed by atoms with van der Waals surface area (Å²) in [5.41, 5.74) is 2.29. The van der Waals surface area contributed by atoms with Crippen molar-refractivity contribution in [3.05, 3.63) is 71.2 Å². The van der Waals surface area contributed by atoms with Crippen LogP contribution in [0.4, 0.5) is 10.8 Å². The fraction of sp³-hybridized carbons (Fsp3) is 0.292. The summed E-state index contributed by atoms with van der Waals surface area (Å²) in [7, 11) is 1.61. The van der Waals surface area contributed by atoms with Crippen molar-refractivity contribution in [2.24, 2.45) is 0 Å². The number of carbonyl (C=O) groups is 2. The Kier molecular flexibility index (Phi) is 7.54. The third-order valence-corrected chi connectivity index (χ3v) is 6.19. The highest BCUT2D eigenvalue weighted by molar-refractivity contribution is 7.14. The zero-order valence-electron chi connectivity index (χ0n) is 18.5. The third-order valence-electron chi connectivity index (χ3n) is 5.43. The number of aromatic nitrogens is 1. The molecule has 4 rings (SSSR count). The number of nitrogens with one attached hydrogen (secondary N) is 2. The summed E-state index contributed by atoms with van der Waals surface area (Å²) >= 11 is 1.38. The van der Waals surface area contributed by atoms with Gasteiger partial charge in [0.1, 0.15) is 11.4 Å². The van der Waals surface area contributed by atoms with Gasteiger partial charge in [0.25, 0.3) is 5.91 Å². The van der Waals surface area contributed by atoms with Gasteiger partial charge in [0.15, 0.2) is 5.13 Å². The maximum absolute atomic E-state index is 12.9. The number of para-hydroxylation sites is 2. The van der Waals surface area contributed by atoms with E-state index in [9.17, 15) is 9.59 Å². The molecule has 1 fully saturated rings. The van der Waals surface area contributed by atoms with E-state index in [4.69, 9.17) is 4.74 Å². The maximum Gasteiger partial charge on any atom is 0.273 e. The molecule has 0 saturated carbocycles. The number of amides is 2. The summed E-state index contributed by atoms with van der Waals surface area (Å²) in [6.07, 6.45) is 0. The molecule has 2 heterocycles. The van der Waals surface area contributed by atoms with Gasteiger partial charge in [-0.2, -0.15) is 0 Å². The fourth-order valence-corrected chi connectivity index (χ4v) is 4.32. The molecule has 1 aliphatic rings. The molecule has 0 bridgehead atoms. The number of hydrogen-bond acceptors (Lipinski definition) is 7. The molecule has 33 heavy (non-hydrogen) atoms. The van der Waals surface area contributed by atoms with Gasteiger partial charge in [0, 0.05) is 38.1 Å². The van der Waals surface area contributed by atoms with Gasteiger partial charge < -0.3 is 20.3 Å². The molecule has 1 saturated heterocycles. The minimum absolute atomic E-state index is 0.00909. The Morgan fingerprint density at radius 2 is 1.76 bits per heavy atom. The SMILES string of the molecule is COc1ccccc1Nc1nc(C(=O)N2CCN(CC(=O)NCc3ccccc3)CC2)cs1. The summed E-state index contributed by atoms with van der Waals surface area (Å²) in [6, 6.07) is 17.4. The number of hydrogen-bond donors (Lipinski definition) is 2. The molecule has 2 amide bonds. The van der Waals surface area contributed by atoms with Crippen LogP contribution in [0.2, 0.25) is 0 Å². The zero-order chi connectivity index (χ0) is 23.0. The van der Waals surface area contributed by atoms with Crippen LogP contribution in [0.3, 0.4) is 0 Å². The van der Waals surface area contributed by atoms with Gasteiger partial charge in [0.2, 0.25) is 5.91 Å².